The van der Waals surface area contributed by atoms with E-state index in [0.717, 1.165) is 18.0 Å². The summed E-state index contributed by atoms with van der Waals surface area (Å²) >= 11 is 0. The highest BCUT2D eigenvalue weighted by molar-refractivity contribution is 5.86. The molecule has 4 nitrogen and oxygen atoms in total. The van der Waals surface area contributed by atoms with Crippen molar-refractivity contribution in [2.45, 2.75) is 26.7 Å². The predicted octanol–water partition coefficient (Wildman–Crippen LogP) is 2.56. The molecule has 2 N–H and O–H groups in total. The first-order chi connectivity index (χ1) is 8.00. The Kier molecular flexibility index (Phi) is 2.00. The number of aromatic carboxylic acids is 1. The lowest BCUT2D eigenvalue weighted by atomic mass is 9.48. The van der Waals surface area contributed by atoms with Gasteiger partial charge in [0.15, 0.2) is 0 Å². The van der Waals surface area contributed by atoms with E-state index in [1.165, 1.54) is 12.0 Å². The van der Waals surface area contributed by atoms with Crippen LogP contribution in [-0.4, -0.2) is 21.3 Å². The minimum atomic E-state index is -0.953. The maximum atomic E-state index is 10.8. The lowest BCUT2D eigenvalue weighted by molar-refractivity contribution is 0.0111. The number of hydrogen-bond acceptors (Lipinski definition) is 2. The molecule has 2 unspecified atom stereocenters. The predicted molar refractivity (Wildman–Crippen MR) is 63.5 cm³/mol. The average molecular weight is 232 g/mol. The Hall–Kier alpha value is -1.58. The molecule has 3 aliphatic carbocycles. The van der Waals surface area contributed by atoms with Crippen molar-refractivity contribution in [3.05, 3.63) is 23.5 Å². The summed E-state index contributed by atoms with van der Waals surface area (Å²) in [5.74, 6) is 0.367. The molecule has 0 aliphatic heterocycles. The number of nitrogens with one attached hydrogen (secondary N) is 1. The standard InChI is InChI=1S/C13H16N2O2/c1-13(2)7-3-4-8(9(13)5-7)10-6-11(12(16)17)15-14-10/h4,6-7,9H,3,5H2,1-2H3,(H,14,15)(H,16,17). The fraction of sp³-hybridized carbons (Fsp3) is 0.538. The Bertz CT molecular complexity index is 513. The fourth-order valence-electron chi connectivity index (χ4n) is 3.22. The van der Waals surface area contributed by atoms with Crippen LogP contribution in [0.2, 0.25) is 0 Å². The highest BCUT2D eigenvalue weighted by Crippen LogP contribution is 2.61. The minimum absolute atomic E-state index is 0.167. The summed E-state index contributed by atoms with van der Waals surface area (Å²) in [6, 6.07) is 1.64. The zero-order chi connectivity index (χ0) is 12.2. The summed E-state index contributed by atoms with van der Waals surface area (Å²) in [6.07, 6.45) is 4.54. The molecule has 4 heteroatoms. The van der Waals surface area contributed by atoms with E-state index in [-0.39, 0.29) is 5.69 Å². The zero-order valence-electron chi connectivity index (χ0n) is 10.0. The Morgan fingerprint density at radius 1 is 1.59 bits per heavy atom. The molecule has 3 aliphatic rings. The van der Waals surface area contributed by atoms with Crippen molar-refractivity contribution in [1.29, 1.82) is 0 Å². The van der Waals surface area contributed by atoms with Crippen molar-refractivity contribution in [3.8, 4) is 0 Å². The van der Waals surface area contributed by atoms with Crippen LogP contribution >= 0.6 is 0 Å². The van der Waals surface area contributed by atoms with Gasteiger partial charge in [0.2, 0.25) is 0 Å². The molecule has 90 valence electrons. The van der Waals surface area contributed by atoms with E-state index in [9.17, 15) is 4.79 Å². The van der Waals surface area contributed by atoms with Gasteiger partial charge in [-0.15, -0.1) is 0 Å². The molecule has 2 bridgehead atoms. The van der Waals surface area contributed by atoms with Crippen LogP contribution < -0.4 is 0 Å². The number of nitrogens with zero attached hydrogens (tertiary/aromatic N) is 1. The van der Waals surface area contributed by atoms with Gasteiger partial charge in [0.1, 0.15) is 5.69 Å². The van der Waals surface area contributed by atoms with Crippen LogP contribution in [0.15, 0.2) is 12.1 Å². The van der Waals surface area contributed by atoms with Gasteiger partial charge in [-0.05, 0) is 41.7 Å². The second-order valence-electron chi connectivity index (χ2n) is 5.67. The topological polar surface area (TPSA) is 66.0 Å². The minimum Gasteiger partial charge on any atom is -0.477 e. The molecular weight excluding hydrogens is 216 g/mol. The van der Waals surface area contributed by atoms with Gasteiger partial charge in [-0.1, -0.05) is 19.9 Å². The van der Waals surface area contributed by atoms with Crippen LogP contribution in [0, 0.1) is 17.3 Å². The number of carboxylic acids is 1. The van der Waals surface area contributed by atoms with Gasteiger partial charge >= 0.3 is 5.97 Å². The fourth-order valence-corrected chi connectivity index (χ4v) is 3.22. The van der Waals surface area contributed by atoms with Gasteiger partial charge in [0.05, 0.1) is 5.69 Å². The third-order valence-corrected chi connectivity index (χ3v) is 4.57. The van der Waals surface area contributed by atoms with Gasteiger partial charge in [-0.25, -0.2) is 4.79 Å². The summed E-state index contributed by atoms with van der Waals surface area (Å²) in [5.41, 5.74) is 2.53. The van der Waals surface area contributed by atoms with E-state index in [2.05, 4.69) is 30.1 Å². The molecule has 2 atom stereocenters. The van der Waals surface area contributed by atoms with Gasteiger partial charge < -0.3 is 5.11 Å². The van der Waals surface area contributed by atoms with Crippen LogP contribution in [0.1, 0.15) is 42.9 Å². The van der Waals surface area contributed by atoms with E-state index in [1.54, 1.807) is 6.07 Å². The molecule has 0 radical (unpaired) electrons. The normalized spacial score (nSPS) is 29.4. The molecule has 1 aromatic rings. The van der Waals surface area contributed by atoms with Crippen LogP contribution in [0.4, 0.5) is 0 Å². The van der Waals surface area contributed by atoms with Crippen LogP contribution in [0.25, 0.3) is 5.57 Å². The second kappa shape index (κ2) is 3.22. The lowest BCUT2D eigenvalue weighted by Gasteiger charge is -2.56. The Morgan fingerprint density at radius 2 is 2.35 bits per heavy atom. The number of H-pyrrole nitrogens is 1. The smallest absolute Gasteiger partial charge is 0.353 e. The highest BCUT2D eigenvalue weighted by Gasteiger charge is 2.51. The molecule has 1 saturated carbocycles. The third-order valence-electron chi connectivity index (χ3n) is 4.57. The molecule has 0 saturated heterocycles. The number of allylic oxidation sites excluding steroid dienone is 2. The molecule has 1 aromatic heterocycles. The van der Waals surface area contributed by atoms with Crippen LogP contribution in [-0.2, 0) is 0 Å². The molecule has 1 fully saturated rings. The van der Waals surface area contributed by atoms with Gasteiger partial charge in [-0.2, -0.15) is 5.10 Å². The van der Waals surface area contributed by atoms with Crippen LogP contribution in [0.5, 0.6) is 0 Å². The maximum Gasteiger partial charge on any atom is 0.353 e. The number of carboxylic acid groups (broad SMARTS) is 1. The van der Waals surface area contributed by atoms with E-state index >= 15 is 0 Å². The zero-order valence-corrected chi connectivity index (χ0v) is 10.0. The number of carbonyl (C=O) groups is 1. The SMILES string of the molecule is CC1(C)C2CC=C(c3cc(C(=O)O)[nH]n3)C1C2. The molecule has 0 spiro atoms. The summed E-state index contributed by atoms with van der Waals surface area (Å²) < 4.78 is 0. The van der Waals surface area contributed by atoms with Crippen molar-refractivity contribution in [3.63, 3.8) is 0 Å². The van der Waals surface area contributed by atoms with Gasteiger partial charge in [-0.3, -0.25) is 5.10 Å². The number of aromatic amines is 1. The molecule has 0 aromatic carbocycles. The highest BCUT2D eigenvalue weighted by atomic mass is 16.4. The van der Waals surface area contributed by atoms with Crippen molar-refractivity contribution in [1.82, 2.24) is 10.2 Å². The molecular formula is C13H16N2O2. The summed E-state index contributed by atoms with van der Waals surface area (Å²) in [4.78, 5) is 10.8. The molecule has 0 amide bonds. The second-order valence-corrected chi connectivity index (χ2v) is 5.67. The molecule has 4 rings (SSSR count). The van der Waals surface area contributed by atoms with E-state index in [0.29, 0.717) is 11.3 Å². The average Bonchev–Trinajstić information content (AvgIpc) is 2.78. The van der Waals surface area contributed by atoms with Crippen molar-refractivity contribution in [2.24, 2.45) is 17.3 Å². The Labute approximate surface area is 99.7 Å². The Morgan fingerprint density at radius 3 is 2.88 bits per heavy atom. The number of hydrogen-bond donors (Lipinski definition) is 2. The summed E-state index contributed by atoms with van der Waals surface area (Å²) in [6.45, 7) is 4.59. The van der Waals surface area contributed by atoms with Crippen LogP contribution in [0.3, 0.4) is 0 Å². The first-order valence-electron chi connectivity index (χ1n) is 5.99. The van der Waals surface area contributed by atoms with E-state index < -0.39 is 5.97 Å². The molecule has 1 heterocycles. The van der Waals surface area contributed by atoms with Crippen molar-refractivity contribution < 1.29 is 9.90 Å². The summed E-state index contributed by atoms with van der Waals surface area (Å²) in [7, 11) is 0. The number of aromatic nitrogens is 2. The van der Waals surface area contributed by atoms with Gasteiger partial charge in [0, 0.05) is 0 Å². The van der Waals surface area contributed by atoms with Crippen molar-refractivity contribution >= 4 is 11.5 Å². The van der Waals surface area contributed by atoms with Crippen molar-refractivity contribution in [2.75, 3.05) is 0 Å². The molecule has 17 heavy (non-hydrogen) atoms. The van der Waals surface area contributed by atoms with Gasteiger partial charge in [0.25, 0.3) is 0 Å². The Balaban J connectivity index is 1.94. The third kappa shape index (κ3) is 1.36. The number of fused-ring (bicyclic) bond motifs is 1. The van der Waals surface area contributed by atoms with E-state index in [4.69, 9.17) is 5.11 Å². The maximum absolute atomic E-state index is 10.8. The quantitative estimate of drug-likeness (QED) is 0.823. The largest absolute Gasteiger partial charge is 0.477 e. The van der Waals surface area contributed by atoms with E-state index in [1.807, 2.05) is 0 Å². The first-order valence-corrected chi connectivity index (χ1v) is 5.99. The first kappa shape index (κ1) is 10.6. The lowest BCUT2D eigenvalue weighted by Crippen LogP contribution is -2.47. The monoisotopic (exact) mass is 232 g/mol. The number of rotatable bonds is 2. The summed E-state index contributed by atoms with van der Waals surface area (Å²) in [5, 5.41) is 15.6.